The lowest BCUT2D eigenvalue weighted by Crippen LogP contribution is -2.27. The van der Waals surface area contributed by atoms with Crippen LogP contribution in [0.25, 0.3) is 0 Å². The zero-order valence-electron chi connectivity index (χ0n) is 8.61. The Balaban J connectivity index is 3.87. The highest BCUT2D eigenvalue weighted by molar-refractivity contribution is 8.14. The summed E-state index contributed by atoms with van der Waals surface area (Å²) in [4.78, 5) is 11.1. The Bertz CT molecular complexity index is 321. The van der Waals surface area contributed by atoms with Gasteiger partial charge in [0, 0.05) is 19.3 Å². The topological polar surface area (TPSA) is 54.5 Å². The Hall–Kier alpha value is -0.330. The van der Waals surface area contributed by atoms with E-state index in [4.69, 9.17) is 0 Å². The van der Waals surface area contributed by atoms with Gasteiger partial charge in [0.25, 0.3) is 0 Å². The molecule has 6 heteroatoms. The van der Waals surface area contributed by atoms with E-state index in [2.05, 4.69) is 6.58 Å². The van der Waals surface area contributed by atoms with Crippen LogP contribution in [0, 0.1) is 0 Å². The van der Waals surface area contributed by atoms with Crippen LogP contribution in [-0.2, 0) is 14.8 Å². The van der Waals surface area contributed by atoms with Crippen LogP contribution in [0.1, 0.15) is 6.92 Å². The fraction of sp³-hybridized carbons (Fsp3) is 0.625. The highest BCUT2D eigenvalue weighted by Gasteiger charge is 2.11. The number of hydrogen-bond acceptors (Lipinski definition) is 4. The maximum Gasteiger partial charge on any atom is 0.214 e. The standard InChI is InChI=1S/C8H15NO3S2/c1-7(2)8(10)13-6-5-9(3)14(4,11)12/h1,5-6H2,2-4H3. The summed E-state index contributed by atoms with van der Waals surface area (Å²) in [5.41, 5.74) is 0.483. The Labute approximate surface area is 89.4 Å². The van der Waals surface area contributed by atoms with Gasteiger partial charge in [-0.2, -0.15) is 0 Å². The number of hydrogen-bond donors (Lipinski definition) is 0. The van der Waals surface area contributed by atoms with Gasteiger partial charge in [0.05, 0.1) is 6.26 Å². The highest BCUT2D eigenvalue weighted by atomic mass is 32.2. The van der Waals surface area contributed by atoms with Gasteiger partial charge in [0.1, 0.15) is 0 Å². The largest absolute Gasteiger partial charge is 0.282 e. The molecule has 0 aromatic rings. The van der Waals surface area contributed by atoms with Crippen molar-refractivity contribution in [3.63, 3.8) is 0 Å². The van der Waals surface area contributed by atoms with Crippen molar-refractivity contribution >= 4 is 26.9 Å². The molecule has 0 spiro atoms. The molecule has 0 atom stereocenters. The first-order valence-electron chi connectivity index (χ1n) is 3.99. The van der Waals surface area contributed by atoms with E-state index >= 15 is 0 Å². The molecular formula is C8H15NO3S2. The minimum Gasteiger partial charge on any atom is -0.282 e. The van der Waals surface area contributed by atoms with Gasteiger partial charge in [0.15, 0.2) is 0 Å². The van der Waals surface area contributed by atoms with Gasteiger partial charge in [-0.05, 0) is 12.5 Å². The first-order valence-corrected chi connectivity index (χ1v) is 6.82. The van der Waals surface area contributed by atoms with Crippen molar-refractivity contribution in [3.8, 4) is 0 Å². The summed E-state index contributed by atoms with van der Waals surface area (Å²) in [6.45, 7) is 5.47. The van der Waals surface area contributed by atoms with E-state index in [9.17, 15) is 13.2 Å². The fourth-order valence-electron chi connectivity index (χ4n) is 0.556. The van der Waals surface area contributed by atoms with Gasteiger partial charge < -0.3 is 0 Å². The van der Waals surface area contributed by atoms with Crippen LogP contribution >= 0.6 is 11.8 Å². The summed E-state index contributed by atoms with van der Waals surface area (Å²) >= 11 is 1.08. The number of sulfonamides is 1. The first-order chi connectivity index (χ1) is 6.25. The summed E-state index contributed by atoms with van der Waals surface area (Å²) in [6.07, 6.45) is 1.14. The van der Waals surface area contributed by atoms with Crippen LogP contribution in [0.4, 0.5) is 0 Å². The molecule has 0 heterocycles. The normalized spacial score (nSPS) is 11.7. The Kier molecular flexibility index (Phi) is 5.40. The third-order valence-electron chi connectivity index (χ3n) is 1.55. The average molecular weight is 237 g/mol. The van der Waals surface area contributed by atoms with Crippen LogP contribution in [0.2, 0.25) is 0 Å². The molecule has 0 aliphatic rings. The predicted molar refractivity (Wildman–Crippen MR) is 59.8 cm³/mol. The molecule has 0 amide bonds. The molecule has 0 unspecified atom stereocenters. The number of carbonyl (C=O) groups excluding carboxylic acids is 1. The molecule has 0 N–H and O–H groups in total. The molecule has 0 saturated heterocycles. The second-order valence-corrected chi connectivity index (χ2v) is 6.16. The highest BCUT2D eigenvalue weighted by Crippen LogP contribution is 2.08. The molecule has 4 nitrogen and oxygen atoms in total. The lowest BCUT2D eigenvalue weighted by Gasteiger charge is -2.12. The third kappa shape index (κ3) is 5.41. The van der Waals surface area contributed by atoms with E-state index in [1.807, 2.05) is 0 Å². The molecule has 82 valence electrons. The zero-order valence-corrected chi connectivity index (χ0v) is 10.2. The van der Waals surface area contributed by atoms with E-state index in [1.54, 1.807) is 6.92 Å². The molecule has 0 radical (unpaired) electrons. The van der Waals surface area contributed by atoms with E-state index in [-0.39, 0.29) is 5.12 Å². The van der Waals surface area contributed by atoms with Crippen molar-refractivity contribution in [2.24, 2.45) is 0 Å². The molecule has 0 aromatic carbocycles. The molecule has 0 fully saturated rings. The van der Waals surface area contributed by atoms with E-state index in [0.717, 1.165) is 18.0 Å². The Morgan fingerprint density at radius 3 is 2.36 bits per heavy atom. The number of carbonyl (C=O) groups is 1. The van der Waals surface area contributed by atoms with Crippen LogP contribution in [0.3, 0.4) is 0 Å². The van der Waals surface area contributed by atoms with Crippen molar-refractivity contribution in [2.45, 2.75) is 6.92 Å². The van der Waals surface area contributed by atoms with Crippen LogP contribution in [-0.4, -0.2) is 43.4 Å². The van der Waals surface area contributed by atoms with Crippen LogP contribution in [0.15, 0.2) is 12.2 Å². The Morgan fingerprint density at radius 1 is 1.50 bits per heavy atom. The molecule has 0 aromatic heterocycles. The summed E-state index contributed by atoms with van der Waals surface area (Å²) in [5.74, 6) is 0.454. The maximum atomic E-state index is 11.1. The van der Waals surface area contributed by atoms with Gasteiger partial charge in [-0.1, -0.05) is 18.3 Å². The zero-order chi connectivity index (χ0) is 11.4. The smallest absolute Gasteiger partial charge is 0.214 e. The second kappa shape index (κ2) is 5.53. The fourth-order valence-corrected chi connectivity index (χ4v) is 1.89. The second-order valence-electron chi connectivity index (χ2n) is 3.00. The third-order valence-corrected chi connectivity index (χ3v) is 3.87. The monoisotopic (exact) mass is 237 g/mol. The van der Waals surface area contributed by atoms with Gasteiger partial charge in [0.2, 0.25) is 15.1 Å². The summed E-state index contributed by atoms with van der Waals surface area (Å²) in [6, 6.07) is 0. The molecule has 0 bridgehead atoms. The first kappa shape index (κ1) is 13.7. The van der Waals surface area contributed by atoms with E-state index in [0.29, 0.717) is 17.9 Å². The molecule has 0 saturated carbocycles. The van der Waals surface area contributed by atoms with Crippen LogP contribution < -0.4 is 0 Å². The average Bonchev–Trinajstić information content (AvgIpc) is 2.01. The van der Waals surface area contributed by atoms with E-state index < -0.39 is 10.0 Å². The summed E-state index contributed by atoms with van der Waals surface area (Å²) < 4.78 is 23.1. The minimum absolute atomic E-state index is 0.0908. The molecular weight excluding hydrogens is 222 g/mol. The summed E-state index contributed by atoms with van der Waals surface area (Å²) in [5, 5.41) is -0.0908. The number of rotatable bonds is 5. The lowest BCUT2D eigenvalue weighted by molar-refractivity contribution is -0.107. The number of thioether (sulfide) groups is 1. The Morgan fingerprint density at radius 2 is 2.00 bits per heavy atom. The minimum atomic E-state index is -3.13. The lowest BCUT2D eigenvalue weighted by atomic mass is 10.4. The van der Waals surface area contributed by atoms with Crippen molar-refractivity contribution in [2.75, 3.05) is 25.6 Å². The SMILES string of the molecule is C=C(C)C(=O)SCCN(C)S(C)(=O)=O. The molecule has 14 heavy (non-hydrogen) atoms. The van der Waals surface area contributed by atoms with Gasteiger partial charge in [-0.25, -0.2) is 12.7 Å². The van der Waals surface area contributed by atoms with Crippen molar-refractivity contribution < 1.29 is 13.2 Å². The number of nitrogens with zero attached hydrogens (tertiary/aromatic N) is 1. The van der Waals surface area contributed by atoms with Crippen molar-refractivity contribution in [1.29, 1.82) is 0 Å². The van der Waals surface area contributed by atoms with Crippen molar-refractivity contribution in [1.82, 2.24) is 4.31 Å². The summed E-state index contributed by atoms with van der Waals surface area (Å²) in [7, 11) is -1.65. The van der Waals surface area contributed by atoms with Gasteiger partial charge in [-0.15, -0.1) is 0 Å². The predicted octanol–water partition coefficient (Wildman–Crippen LogP) is 0.714. The molecule has 0 aliphatic carbocycles. The van der Waals surface area contributed by atoms with E-state index in [1.165, 1.54) is 11.4 Å². The molecule has 0 aliphatic heterocycles. The van der Waals surface area contributed by atoms with Gasteiger partial charge >= 0.3 is 0 Å². The quantitative estimate of drug-likeness (QED) is 0.661. The van der Waals surface area contributed by atoms with Crippen molar-refractivity contribution in [3.05, 3.63) is 12.2 Å². The molecule has 0 rings (SSSR count). The van der Waals surface area contributed by atoms with Gasteiger partial charge in [-0.3, -0.25) is 4.79 Å². The maximum absolute atomic E-state index is 11.1. The van der Waals surface area contributed by atoms with Crippen LogP contribution in [0.5, 0.6) is 0 Å².